The standard InChI is InChI=1S/C19H28N4O2/c1-12-8-9-23(16(10-12)17-7-6-13(2)25-17)11-18(24)20-19-14(3)21-22(5)15(19)4/h6-7,12,16H,8-11H2,1-5H3,(H,20,24)/t12-,16+/m0/s1. The summed E-state index contributed by atoms with van der Waals surface area (Å²) in [5.74, 6) is 2.52. The Labute approximate surface area is 149 Å². The van der Waals surface area contributed by atoms with E-state index >= 15 is 0 Å². The van der Waals surface area contributed by atoms with E-state index in [1.807, 2.05) is 40.0 Å². The molecular weight excluding hydrogens is 316 g/mol. The highest BCUT2D eigenvalue weighted by atomic mass is 16.3. The fourth-order valence-electron chi connectivity index (χ4n) is 3.63. The Hall–Kier alpha value is -2.08. The second-order valence-corrected chi connectivity index (χ2v) is 7.28. The lowest BCUT2D eigenvalue weighted by Crippen LogP contribution is -2.41. The summed E-state index contributed by atoms with van der Waals surface area (Å²) in [6.45, 7) is 9.38. The molecule has 2 aromatic rings. The first-order chi connectivity index (χ1) is 11.8. The minimum absolute atomic E-state index is 0.00188. The van der Waals surface area contributed by atoms with E-state index in [1.54, 1.807) is 4.68 Å². The SMILES string of the molecule is Cc1ccc([C@H]2C[C@@H](C)CCN2CC(=O)Nc2c(C)nn(C)c2C)o1. The Balaban J connectivity index is 1.72. The van der Waals surface area contributed by atoms with Crippen molar-refractivity contribution in [3.8, 4) is 0 Å². The molecule has 1 fully saturated rings. The Morgan fingerprint density at radius 1 is 1.36 bits per heavy atom. The van der Waals surface area contributed by atoms with E-state index in [4.69, 9.17) is 4.42 Å². The molecule has 0 bridgehead atoms. The molecule has 2 atom stereocenters. The second kappa shape index (κ2) is 7.04. The normalized spacial score (nSPS) is 21.5. The molecule has 0 unspecified atom stereocenters. The third-order valence-electron chi connectivity index (χ3n) is 5.19. The molecule has 3 rings (SSSR count). The van der Waals surface area contributed by atoms with E-state index in [0.29, 0.717) is 12.5 Å². The fraction of sp³-hybridized carbons (Fsp3) is 0.579. The van der Waals surface area contributed by atoms with Crippen molar-refractivity contribution in [1.82, 2.24) is 14.7 Å². The van der Waals surface area contributed by atoms with Crippen molar-refractivity contribution in [2.24, 2.45) is 13.0 Å². The van der Waals surface area contributed by atoms with Gasteiger partial charge in [0.25, 0.3) is 0 Å². The number of hydrogen-bond acceptors (Lipinski definition) is 4. The van der Waals surface area contributed by atoms with Crippen LogP contribution in [0.15, 0.2) is 16.5 Å². The Bertz CT molecular complexity index is 762. The van der Waals surface area contributed by atoms with Gasteiger partial charge in [-0.2, -0.15) is 5.10 Å². The highest BCUT2D eigenvalue weighted by molar-refractivity contribution is 5.93. The summed E-state index contributed by atoms with van der Waals surface area (Å²) in [6.07, 6.45) is 2.12. The number of carbonyl (C=O) groups excluding carboxylic acids is 1. The van der Waals surface area contributed by atoms with Gasteiger partial charge in [0.05, 0.1) is 29.7 Å². The van der Waals surface area contributed by atoms with E-state index in [9.17, 15) is 4.79 Å². The lowest BCUT2D eigenvalue weighted by molar-refractivity contribution is -0.118. The van der Waals surface area contributed by atoms with Crippen molar-refractivity contribution in [1.29, 1.82) is 0 Å². The fourth-order valence-corrected chi connectivity index (χ4v) is 3.63. The molecule has 0 aromatic carbocycles. The van der Waals surface area contributed by atoms with Crippen LogP contribution in [0.25, 0.3) is 0 Å². The van der Waals surface area contributed by atoms with Crippen molar-refractivity contribution in [3.63, 3.8) is 0 Å². The van der Waals surface area contributed by atoms with Crippen LogP contribution in [-0.4, -0.2) is 33.7 Å². The maximum atomic E-state index is 12.6. The Morgan fingerprint density at radius 3 is 2.72 bits per heavy atom. The molecule has 0 aliphatic carbocycles. The summed E-state index contributed by atoms with van der Waals surface area (Å²) < 4.78 is 7.65. The lowest BCUT2D eigenvalue weighted by atomic mass is 9.91. The molecule has 0 radical (unpaired) electrons. The second-order valence-electron chi connectivity index (χ2n) is 7.28. The van der Waals surface area contributed by atoms with Crippen LogP contribution in [0, 0.1) is 26.7 Å². The summed E-state index contributed by atoms with van der Waals surface area (Å²) in [5, 5.41) is 7.40. The minimum Gasteiger partial charge on any atom is -0.465 e. The molecule has 1 N–H and O–H groups in total. The van der Waals surface area contributed by atoms with Crippen LogP contribution < -0.4 is 5.32 Å². The van der Waals surface area contributed by atoms with Crippen LogP contribution in [0.3, 0.4) is 0 Å². The van der Waals surface area contributed by atoms with Gasteiger partial charge in [-0.05, 0) is 58.2 Å². The first-order valence-electron chi connectivity index (χ1n) is 8.95. The first-order valence-corrected chi connectivity index (χ1v) is 8.95. The van der Waals surface area contributed by atoms with Gasteiger partial charge in [0, 0.05) is 7.05 Å². The van der Waals surface area contributed by atoms with Crippen LogP contribution in [0.4, 0.5) is 5.69 Å². The number of amides is 1. The minimum atomic E-state index is 0.00188. The van der Waals surface area contributed by atoms with Crippen LogP contribution in [-0.2, 0) is 11.8 Å². The molecule has 6 heteroatoms. The van der Waals surface area contributed by atoms with Gasteiger partial charge >= 0.3 is 0 Å². The quantitative estimate of drug-likeness (QED) is 0.924. The number of rotatable bonds is 4. The number of carbonyl (C=O) groups is 1. The summed E-state index contributed by atoms with van der Waals surface area (Å²) >= 11 is 0. The number of nitrogens with one attached hydrogen (secondary N) is 1. The van der Waals surface area contributed by atoms with Crippen LogP contribution >= 0.6 is 0 Å². The topological polar surface area (TPSA) is 63.3 Å². The van der Waals surface area contributed by atoms with E-state index in [1.165, 1.54) is 0 Å². The summed E-state index contributed by atoms with van der Waals surface area (Å²) in [4.78, 5) is 14.9. The molecule has 1 amide bonds. The number of hydrogen-bond donors (Lipinski definition) is 1. The zero-order valence-electron chi connectivity index (χ0n) is 15.8. The van der Waals surface area contributed by atoms with Crippen molar-refractivity contribution in [2.45, 2.75) is 46.6 Å². The summed E-state index contributed by atoms with van der Waals surface area (Å²) in [5.41, 5.74) is 2.64. The molecule has 6 nitrogen and oxygen atoms in total. The summed E-state index contributed by atoms with van der Waals surface area (Å²) in [6, 6.07) is 4.20. The van der Waals surface area contributed by atoms with Gasteiger partial charge in [-0.15, -0.1) is 0 Å². The smallest absolute Gasteiger partial charge is 0.238 e. The highest BCUT2D eigenvalue weighted by Crippen LogP contribution is 2.34. The zero-order chi connectivity index (χ0) is 18.1. The number of aryl methyl sites for hydroxylation is 3. The number of furan rings is 1. The molecule has 3 heterocycles. The van der Waals surface area contributed by atoms with Gasteiger partial charge in [0.2, 0.25) is 5.91 Å². The van der Waals surface area contributed by atoms with Crippen molar-refractivity contribution in [3.05, 3.63) is 35.0 Å². The molecule has 1 aliphatic rings. The molecular formula is C19H28N4O2. The first kappa shape index (κ1) is 17.7. The Morgan fingerprint density at radius 2 is 2.12 bits per heavy atom. The van der Waals surface area contributed by atoms with E-state index in [-0.39, 0.29) is 11.9 Å². The van der Waals surface area contributed by atoms with Crippen molar-refractivity contribution >= 4 is 11.6 Å². The predicted molar refractivity (Wildman–Crippen MR) is 97.5 cm³/mol. The van der Waals surface area contributed by atoms with Crippen LogP contribution in [0.5, 0.6) is 0 Å². The maximum absolute atomic E-state index is 12.6. The highest BCUT2D eigenvalue weighted by Gasteiger charge is 2.31. The van der Waals surface area contributed by atoms with Gasteiger partial charge in [-0.25, -0.2) is 0 Å². The van der Waals surface area contributed by atoms with Gasteiger partial charge < -0.3 is 9.73 Å². The summed E-state index contributed by atoms with van der Waals surface area (Å²) in [7, 11) is 1.89. The molecule has 1 aliphatic heterocycles. The number of likely N-dealkylation sites (tertiary alicyclic amines) is 1. The molecule has 136 valence electrons. The van der Waals surface area contributed by atoms with Gasteiger partial charge in [0.15, 0.2) is 0 Å². The number of aromatic nitrogens is 2. The van der Waals surface area contributed by atoms with Gasteiger partial charge in [0.1, 0.15) is 11.5 Å². The van der Waals surface area contributed by atoms with E-state index < -0.39 is 0 Å². The third kappa shape index (κ3) is 3.79. The average molecular weight is 344 g/mol. The maximum Gasteiger partial charge on any atom is 0.238 e. The van der Waals surface area contributed by atoms with Crippen LogP contribution in [0.2, 0.25) is 0 Å². The lowest BCUT2D eigenvalue weighted by Gasteiger charge is -2.36. The molecule has 1 saturated heterocycles. The monoisotopic (exact) mass is 344 g/mol. The van der Waals surface area contributed by atoms with Crippen molar-refractivity contribution < 1.29 is 9.21 Å². The molecule has 0 saturated carbocycles. The largest absolute Gasteiger partial charge is 0.465 e. The average Bonchev–Trinajstić information content (AvgIpc) is 3.08. The number of nitrogens with zero attached hydrogens (tertiary/aromatic N) is 3. The van der Waals surface area contributed by atoms with Crippen molar-refractivity contribution in [2.75, 3.05) is 18.4 Å². The molecule has 0 spiro atoms. The Kier molecular flexibility index (Phi) is 4.99. The van der Waals surface area contributed by atoms with E-state index in [0.717, 1.165) is 48.0 Å². The molecule has 25 heavy (non-hydrogen) atoms. The van der Waals surface area contributed by atoms with E-state index in [2.05, 4.69) is 22.2 Å². The number of anilines is 1. The third-order valence-corrected chi connectivity index (χ3v) is 5.19. The predicted octanol–water partition coefficient (Wildman–Crippen LogP) is 3.35. The van der Waals surface area contributed by atoms with Gasteiger partial charge in [-0.3, -0.25) is 14.4 Å². The molecule has 2 aromatic heterocycles. The zero-order valence-corrected chi connectivity index (χ0v) is 15.8. The number of piperidine rings is 1. The van der Waals surface area contributed by atoms with Gasteiger partial charge in [-0.1, -0.05) is 6.92 Å². The van der Waals surface area contributed by atoms with Crippen LogP contribution in [0.1, 0.15) is 48.7 Å².